The third-order valence-corrected chi connectivity index (χ3v) is 4.61. The fourth-order valence-corrected chi connectivity index (χ4v) is 3.58. The van der Waals surface area contributed by atoms with Gasteiger partial charge in [-0.05, 0) is 24.6 Å². The zero-order valence-electron chi connectivity index (χ0n) is 14.8. The van der Waals surface area contributed by atoms with Crippen molar-refractivity contribution in [2.75, 3.05) is 0 Å². The van der Waals surface area contributed by atoms with Gasteiger partial charge in [0.05, 0.1) is 4.92 Å². The summed E-state index contributed by atoms with van der Waals surface area (Å²) < 4.78 is 14.4. The molecule has 0 radical (unpaired) electrons. The van der Waals surface area contributed by atoms with Gasteiger partial charge in [-0.2, -0.15) is 0 Å². The van der Waals surface area contributed by atoms with Crippen molar-refractivity contribution >= 4 is 27.5 Å². The Kier molecular flexibility index (Phi) is 6.15. The molecular weight excluding hydrogens is 353 g/mol. The molecule has 0 saturated heterocycles. The summed E-state index contributed by atoms with van der Waals surface area (Å²) in [6, 6.07) is 12.9. The van der Waals surface area contributed by atoms with Crippen LogP contribution >= 0.6 is 11.8 Å². The highest BCUT2D eigenvalue weighted by Gasteiger charge is 2.33. The van der Waals surface area contributed by atoms with Gasteiger partial charge in [0, 0.05) is 22.6 Å². The first-order valence-electron chi connectivity index (χ1n) is 8.15. The summed E-state index contributed by atoms with van der Waals surface area (Å²) in [5.74, 6) is -0.560. The predicted molar refractivity (Wildman–Crippen MR) is 105 cm³/mol. The van der Waals surface area contributed by atoms with Gasteiger partial charge in [-0.15, -0.1) is 0 Å². The van der Waals surface area contributed by atoms with Crippen molar-refractivity contribution in [3.05, 3.63) is 81.7 Å². The normalized spacial score (nSPS) is 18.9. The number of benzene rings is 2. The molecule has 26 heavy (non-hydrogen) atoms. The first-order chi connectivity index (χ1) is 12.4. The van der Waals surface area contributed by atoms with E-state index in [9.17, 15) is 14.5 Å². The number of rotatable bonds is 3. The zero-order valence-corrected chi connectivity index (χ0v) is 15.6. The zero-order chi connectivity index (χ0) is 19.3. The number of halogens is 1. The summed E-state index contributed by atoms with van der Waals surface area (Å²) in [6.45, 7) is 5.69. The number of aliphatic imine (C=N–C) groups is 1. The van der Waals surface area contributed by atoms with Gasteiger partial charge in [0.2, 0.25) is 0 Å². The van der Waals surface area contributed by atoms with E-state index in [0.29, 0.717) is 0 Å². The smallest absolute Gasteiger partial charge is 0.270 e. The molecule has 3 rings (SSSR count). The molecule has 0 aliphatic carbocycles. The molecule has 0 saturated carbocycles. The lowest BCUT2D eigenvalue weighted by Crippen LogP contribution is -2.26. The Hall–Kier alpha value is -2.67. The summed E-state index contributed by atoms with van der Waals surface area (Å²) in [4.78, 5) is 15.6. The van der Waals surface area contributed by atoms with E-state index in [1.165, 1.54) is 17.8 Å². The number of nitrogens with zero attached hydrogens (tertiary/aromatic N) is 2. The van der Waals surface area contributed by atoms with Gasteiger partial charge < -0.3 is 5.73 Å². The second-order valence-corrected chi connectivity index (χ2v) is 6.56. The van der Waals surface area contributed by atoms with Crippen LogP contribution in [0.3, 0.4) is 0 Å². The monoisotopic (exact) mass is 373 g/mol. The number of non-ortho nitro benzene ring substituents is 1. The molecule has 5 nitrogen and oxygen atoms in total. The van der Waals surface area contributed by atoms with E-state index in [4.69, 9.17) is 5.73 Å². The molecule has 0 amide bonds. The third kappa shape index (κ3) is 4.11. The van der Waals surface area contributed by atoms with Gasteiger partial charge in [0.1, 0.15) is 11.4 Å². The van der Waals surface area contributed by atoms with Crippen LogP contribution in [-0.4, -0.2) is 10.1 Å². The Labute approximate surface area is 156 Å². The van der Waals surface area contributed by atoms with Gasteiger partial charge in [-0.25, -0.2) is 9.38 Å². The Bertz CT molecular complexity index is 868. The van der Waals surface area contributed by atoms with Crippen LogP contribution in [0.15, 0.2) is 59.6 Å². The van der Waals surface area contributed by atoms with Crippen LogP contribution in [0.1, 0.15) is 31.9 Å². The van der Waals surface area contributed by atoms with Gasteiger partial charge in [0.25, 0.3) is 5.69 Å². The minimum atomic E-state index is -1.11. The summed E-state index contributed by atoms with van der Waals surface area (Å²) in [7, 11) is 0. The molecule has 1 atom stereocenters. The Morgan fingerprint density at radius 3 is 2.46 bits per heavy atom. The fourth-order valence-electron chi connectivity index (χ4n) is 2.58. The van der Waals surface area contributed by atoms with Crippen LogP contribution in [-0.2, 0) is 5.54 Å². The lowest BCUT2D eigenvalue weighted by molar-refractivity contribution is -0.385. The molecule has 2 aromatic rings. The highest BCUT2D eigenvalue weighted by Crippen LogP contribution is 2.42. The van der Waals surface area contributed by atoms with E-state index in [1.807, 2.05) is 44.2 Å². The number of nitrogens with two attached hydrogens (primary N) is 1. The van der Waals surface area contributed by atoms with Crippen LogP contribution in [0, 0.1) is 15.9 Å². The van der Waals surface area contributed by atoms with Crippen LogP contribution in [0.5, 0.6) is 0 Å². The molecule has 2 aromatic carbocycles. The summed E-state index contributed by atoms with van der Waals surface area (Å²) in [6.07, 6.45) is 1.78. The van der Waals surface area contributed by atoms with E-state index >= 15 is 0 Å². The van der Waals surface area contributed by atoms with Gasteiger partial charge >= 0.3 is 0 Å². The summed E-state index contributed by atoms with van der Waals surface area (Å²) in [5, 5.41) is 11.3. The highest BCUT2D eigenvalue weighted by molar-refractivity contribution is 8.21. The molecule has 0 bridgehead atoms. The second-order valence-electron chi connectivity index (χ2n) is 5.50. The molecule has 0 unspecified atom stereocenters. The number of nitro benzene ring substituents is 1. The first kappa shape index (κ1) is 19.7. The number of nitro groups is 1. The molecule has 1 heterocycles. The minimum Gasteiger partial charge on any atom is -0.378 e. The maximum absolute atomic E-state index is 14.4. The molecule has 1 aliphatic heterocycles. The van der Waals surface area contributed by atoms with Crippen molar-refractivity contribution in [3.63, 3.8) is 0 Å². The average Bonchev–Trinajstić information content (AvgIpc) is 2.63. The minimum absolute atomic E-state index is 0.119. The van der Waals surface area contributed by atoms with Crippen molar-refractivity contribution < 1.29 is 9.31 Å². The van der Waals surface area contributed by atoms with E-state index in [1.54, 1.807) is 13.0 Å². The maximum atomic E-state index is 14.4. The van der Waals surface area contributed by atoms with E-state index in [2.05, 4.69) is 4.99 Å². The van der Waals surface area contributed by atoms with Gasteiger partial charge in [-0.1, -0.05) is 55.9 Å². The third-order valence-electron chi connectivity index (χ3n) is 3.73. The van der Waals surface area contributed by atoms with Crippen LogP contribution in [0.25, 0.3) is 4.91 Å². The maximum Gasteiger partial charge on any atom is 0.270 e. The SMILES string of the molecule is CC.C[C@@]1(c2cc([N+](=O)[O-])ccc2F)C=C(c2ccccc2)SC(N)=N1. The number of hydrogen-bond acceptors (Lipinski definition) is 5. The lowest BCUT2D eigenvalue weighted by atomic mass is 9.90. The molecule has 2 N–H and O–H groups in total. The summed E-state index contributed by atoms with van der Waals surface area (Å²) >= 11 is 1.29. The predicted octanol–water partition coefficient (Wildman–Crippen LogP) is 5.08. The lowest BCUT2D eigenvalue weighted by Gasteiger charge is -2.28. The van der Waals surface area contributed by atoms with Crippen LogP contribution in [0.2, 0.25) is 0 Å². The number of amidine groups is 1. The van der Waals surface area contributed by atoms with E-state index < -0.39 is 16.3 Å². The molecule has 0 spiro atoms. The van der Waals surface area contributed by atoms with Crippen molar-refractivity contribution in [2.45, 2.75) is 26.3 Å². The number of hydrogen-bond donors (Lipinski definition) is 1. The average molecular weight is 373 g/mol. The molecular formula is C19H20FN3O2S. The topological polar surface area (TPSA) is 81.5 Å². The first-order valence-corrected chi connectivity index (χ1v) is 8.96. The fraction of sp³-hybridized carbons (Fsp3) is 0.211. The van der Waals surface area contributed by atoms with Crippen molar-refractivity contribution in [2.24, 2.45) is 10.7 Å². The van der Waals surface area contributed by atoms with Gasteiger partial charge in [-0.3, -0.25) is 10.1 Å². The quantitative estimate of drug-likeness (QED) is 0.601. The Morgan fingerprint density at radius 1 is 1.19 bits per heavy atom. The highest BCUT2D eigenvalue weighted by atomic mass is 32.2. The molecule has 1 aliphatic rings. The standard InChI is InChI=1S/C17H14FN3O2S.C2H6/c1-17(13-9-12(21(22)23)7-8-14(13)18)10-15(24-16(19)20-17)11-5-3-2-4-6-11;1-2/h2-10H,1H3,(H2,19,20);1-2H3/t17-;/m0./s1. The second kappa shape index (κ2) is 8.14. The number of thioether (sulfide) groups is 1. The Balaban J connectivity index is 0.00000117. The van der Waals surface area contributed by atoms with Crippen LogP contribution < -0.4 is 5.73 Å². The molecule has 7 heteroatoms. The van der Waals surface area contributed by atoms with Crippen molar-refractivity contribution in [3.8, 4) is 0 Å². The van der Waals surface area contributed by atoms with Crippen molar-refractivity contribution in [1.29, 1.82) is 0 Å². The molecule has 0 aromatic heterocycles. The van der Waals surface area contributed by atoms with E-state index in [-0.39, 0.29) is 16.4 Å². The summed E-state index contributed by atoms with van der Waals surface area (Å²) in [5.41, 5.74) is 5.69. The molecule has 136 valence electrons. The van der Waals surface area contributed by atoms with E-state index in [0.717, 1.165) is 22.6 Å². The Morgan fingerprint density at radius 2 is 1.85 bits per heavy atom. The molecule has 0 fully saturated rings. The largest absolute Gasteiger partial charge is 0.378 e. The van der Waals surface area contributed by atoms with Crippen LogP contribution in [0.4, 0.5) is 10.1 Å². The van der Waals surface area contributed by atoms with Crippen molar-refractivity contribution in [1.82, 2.24) is 0 Å². The van der Waals surface area contributed by atoms with Gasteiger partial charge in [0.15, 0.2) is 5.17 Å².